The van der Waals surface area contributed by atoms with Crippen LogP contribution in [0.5, 0.6) is 5.75 Å². The van der Waals surface area contributed by atoms with Gasteiger partial charge in [0, 0.05) is 0 Å². The number of rotatable bonds is 7. The van der Waals surface area contributed by atoms with Gasteiger partial charge in [0.25, 0.3) is 0 Å². The van der Waals surface area contributed by atoms with Crippen LogP contribution in [0, 0.1) is 5.92 Å². The summed E-state index contributed by atoms with van der Waals surface area (Å²) in [6, 6.07) is 10.3. The average molecular weight is 330 g/mol. The molecule has 0 bridgehead atoms. The molecule has 1 atom stereocenters. The fourth-order valence-corrected chi connectivity index (χ4v) is 2.75. The topological polar surface area (TPSA) is 83.7 Å². The summed E-state index contributed by atoms with van der Waals surface area (Å²) in [5, 5.41) is 16.4. The number of furan rings is 1. The Morgan fingerprint density at radius 2 is 2.12 bits per heavy atom. The van der Waals surface area contributed by atoms with E-state index < -0.39 is 11.6 Å². The van der Waals surface area contributed by atoms with E-state index in [0.717, 1.165) is 12.8 Å². The molecule has 24 heavy (non-hydrogen) atoms. The minimum atomic E-state index is -1.17. The lowest BCUT2D eigenvalue weighted by molar-refractivity contribution is -0.00414. The van der Waals surface area contributed by atoms with Crippen molar-refractivity contribution in [1.82, 2.24) is 5.32 Å². The van der Waals surface area contributed by atoms with E-state index >= 15 is 0 Å². The van der Waals surface area contributed by atoms with Crippen LogP contribution < -0.4 is 15.4 Å². The summed E-state index contributed by atoms with van der Waals surface area (Å²) in [5.74, 6) is 1.21. The van der Waals surface area contributed by atoms with Crippen LogP contribution >= 0.6 is 0 Å². The first-order valence-corrected chi connectivity index (χ1v) is 8.16. The molecule has 1 aliphatic carbocycles. The number of hydrogen-bond acceptors (Lipinski definition) is 4. The van der Waals surface area contributed by atoms with Gasteiger partial charge in [0.15, 0.2) is 0 Å². The van der Waals surface area contributed by atoms with Gasteiger partial charge in [-0.3, -0.25) is 0 Å². The third-order valence-electron chi connectivity index (χ3n) is 4.15. The van der Waals surface area contributed by atoms with Gasteiger partial charge in [0.05, 0.1) is 25.1 Å². The number of anilines is 1. The second-order valence-corrected chi connectivity index (χ2v) is 5.91. The van der Waals surface area contributed by atoms with E-state index in [-0.39, 0.29) is 12.5 Å². The van der Waals surface area contributed by atoms with Gasteiger partial charge in [-0.25, -0.2) is 4.79 Å². The molecule has 1 heterocycles. The largest absolute Gasteiger partial charge is 0.492 e. The molecule has 1 saturated carbocycles. The molecule has 2 aromatic rings. The molecule has 1 fully saturated rings. The molecule has 6 heteroatoms. The number of amides is 2. The number of nitrogens with one attached hydrogen (secondary N) is 2. The standard InChI is InChI=1S/C18H22N2O4/c1-2-23-15-7-4-3-6-14(15)20-17(21)19-12-18(22,13-9-10-13)16-8-5-11-24-16/h3-8,11,13,22H,2,9-10,12H2,1H3,(H2,19,20,21). The first-order chi connectivity index (χ1) is 11.6. The molecular weight excluding hydrogens is 308 g/mol. The van der Waals surface area contributed by atoms with Crippen LogP contribution in [-0.4, -0.2) is 24.3 Å². The van der Waals surface area contributed by atoms with Gasteiger partial charge >= 0.3 is 6.03 Å². The number of carbonyl (C=O) groups is 1. The van der Waals surface area contributed by atoms with Crippen molar-refractivity contribution in [3.8, 4) is 5.75 Å². The molecule has 1 aromatic heterocycles. The normalized spacial score (nSPS) is 16.2. The molecule has 3 rings (SSSR count). The molecule has 1 unspecified atom stereocenters. The van der Waals surface area contributed by atoms with E-state index in [2.05, 4.69) is 10.6 Å². The predicted octanol–water partition coefficient (Wildman–Crippen LogP) is 3.10. The van der Waals surface area contributed by atoms with Gasteiger partial charge in [0.1, 0.15) is 17.1 Å². The Balaban J connectivity index is 1.63. The van der Waals surface area contributed by atoms with E-state index in [0.29, 0.717) is 23.8 Å². The summed E-state index contributed by atoms with van der Waals surface area (Å²) in [7, 11) is 0. The number of urea groups is 1. The van der Waals surface area contributed by atoms with Crippen molar-refractivity contribution in [2.75, 3.05) is 18.5 Å². The molecule has 0 spiro atoms. The van der Waals surface area contributed by atoms with Crippen molar-refractivity contribution in [2.45, 2.75) is 25.4 Å². The van der Waals surface area contributed by atoms with Gasteiger partial charge in [-0.2, -0.15) is 0 Å². The minimum Gasteiger partial charge on any atom is -0.492 e. The van der Waals surface area contributed by atoms with Gasteiger partial charge in [-0.1, -0.05) is 12.1 Å². The zero-order valence-electron chi connectivity index (χ0n) is 13.6. The highest BCUT2D eigenvalue weighted by Gasteiger charge is 2.47. The van der Waals surface area contributed by atoms with Gasteiger partial charge in [0.2, 0.25) is 0 Å². The highest BCUT2D eigenvalue weighted by atomic mass is 16.5. The number of hydrogen-bond donors (Lipinski definition) is 3. The van der Waals surface area contributed by atoms with E-state index in [1.54, 1.807) is 24.3 Å². The Bertz CT molecular complexity index is 682. The molecule has 0 radical (unpaired) electrons. The molecule has 0 saturated heterocycles. The van der Waals surface area contributed by atoms with E-state index in [1.807, 2.05) is 19.1 Å². The molecule has 0 aliphatic heterocycles. The monoisotopic (exact) mass is 330 g/mol. The van der Waals surface area contributed by atoms with Crippen molar-refractivity contribution in [2.24, 2.45) is 5.92 Å². The number of benzene rings is 1. The maximum Gasteiger partial charge on any atom is 0.319 e. The van der Waals surface area contributed by atoms with Crippen molar-refractivity contribution in [3.05, 3.63) is 48.4 Å². The smallest absolute Gasteiger partial charge is 0.319 e. The lowest BCUT2D eigenvalue weighted by Gasteiger charge is -2.26. The zero-order chi connectivity index (χ0) is 17.0. The van der Waals surface area contributed by atoms with Crippen molar-refractivity contribution >= 4 is 11.7 Å². The Hall–Kier alpha value is -2.47. The summed E-state index contributed by atoms with van der Waals surface area (Å²) in [4.78, 5) is 12.2. The first kappa shape index (κ1) is 16.4. The van der Waals surface area contributed by atoms with Crippen LogP contribution in [0.3, 0.4) is 0 Å². The maximum atomic E-state index is 12.2. The highest BCUT2D eigenvalue weighted by Crippen LogP contribution is 2.45. The average Bonchev–Trinajstić information content (AvgIpc) is 3.30. The molecule has 6 nitrogen and oxygen atoms in total. The second-order valence-electron chi connectivity index (χ2n) is 5.91. The van der Waals surface area contributed by atoms with Gasteiger partial charge in [-0.15, -0.1) is 0 Å². The molecule has 128 valence electrons. The van der Waals surface area contributed by atoms with Crippen LogP contribution in [0.1, 0.15) is 25.5 Å². The van der Waals surface area contributed by atoms with Gasteiger partial charge < -0.3 is 24.9 Å². The zero-order valence-corrected chi connectivity index (χ0v) is 13.6. The fraction of sp³-hybridized carbons (Fsp3) is 0.389. The Kier molecular flexibility index (Phi) is 4.76. The van der Waals surface area contributed by atoms with Crippen LogP contribution in [0.25, 0.3) is 0 Å². The van der Waals surface area contributed by atoms with Crippen LogP contribution in [0.4, 0.5) is 10.5 Å². The van der Waals surface area contributed by atoms with E-state index in [1.165, 1.54) is 6.26 Å². The van der Waals surface area contributed by atoms with E-state index in [9.17, 15) is 9.90 Å². The molecule has 1 aromatic carbocycles. The van der Waals surface area contributed by atoms with Crippen molar-refractivity contribution < 1.29 is 19.1 Å². The lowest BCUT2D eigenvalue weighted by Crippen LogP contribution is -2.43. The number of para-hydroxylation sites is 2. The van der Waals surface area contributed by atoms with Crippen LogP contribution in [-0.2, 0) is 5.60 Å². The van der Waals surface area contributed by atoms with Crippen LogP contribution in [0.15, 0.2) is 47.1 Å². The maximum absolute atomic E-state index is 12.2. The summed E-state index contributed by atoms with van der Waals surface area (Å²) in [6.45, 7) is 2.49. The highest BCUT2D eigenvalue weighted by molar-refractivity contribution is 5.90. The number of carbonyl (C=O) groups excluding carboxylic acids is 1. The SMILES string of the molecule is CCOc1ccccc1NC(=O)NCC(O)(c1ccco1)C1CC1. The molecule has 2 amide bonds. The molecule has 1 aliphatic rings. The minimum absolute atomic E-state index is 0.0911. The van der Waals surface area contributed by atoms with Crippen LogP contribution in [0.2, 0.25) is 0 Å². The second kappa shape index (κ2) is 6.97. The first-order valence-electron chi connectivity index (χ1n) is 8.16. The van der Waals surface area contributed by atoms with Gasteiger partial charge in [-0.05, 0) is 49.9 Å². The third kappa shape index (κ3) is 3.54. The summed E-state index contributed by atoms with van der Waals surface area (Å²) in [5.41, 5.74) is -0.579. The summed E-state index contributed by atoms with van der Waals surface area (Å²) < 4.78 is 10.8. The quantitative estimate of drug-likeness (QED) is 0.728. The summed E-state index contributed by atoms with van der Waals surface area (Å²) in [6.07, 6.45) is 3.38. The Labute approximate surface area is 140 Å². The van der Waals surface area contributed by atoms with Crippen molar-refractivity contribution in [1.29, 1.82) is 0 Å². The van der Waals surface area contributed by atoms with E-state index in [4.69, 9.17) is 9.15 Å². The summed E-state index contributed by atoms with van der Waals surface area (Å²) >= 11 is 0. The van der Waals surface area contributed by atoms with Crippen molar-refractivity contribution in [3.63, 3.8) is 0 Å². The molecular formula is C18H22N2O4. The molecule has 3 N–H and O–H groups in total. The number of aliphatic hydroxyl groups is 1. The Morgan fingerprint density at radius 3 is 2.79 bits per heavy atom. The predicted molar refractivity (Wildman–Crippen MR) is 90.0 cm³/mol. The fourth-order valence-electron chi connectivity index (χ4n) is 2.75. The third-order valence-corrected chi connectivity index (χ3v) is 4.15. The lowest BCUT2D eigenvalue weighted by atomic mass is 9.94. The Morgan fingerprint density at radius 1 is 1.33 bits per heavy atom. The number of ether oxygens (including phenoxy) is 1.